The highest BCUT2D eigenvalue weighted by molar-refractivity contribution is 4.09. The summed E-state index contributed by atoms with van der Waals surface area (Å²) in [5, 5.41) is 24.1. The van der Waals surface area contributed by atoms with Gasteiger partial charge in [-0.1, -0.05) is 0 Å². The second-order valence-electron chi connectivity index (χ2n) is 0.789. The van der Waals surface area contributed by atoms with Crippen LogP contribution in [0, 0.1) is 0 Å². The van der Waals surface area contributed by atoms with Crippen molar-refractivity contribution >= 4 is 0 Å². The Morgan fingerprint density at radius 1 is 1.17 bits per heavy atom. The van der Waals surface area contributed by atoms with Crippen LogP contribution in [0.5, 0.6) is 0 Å². The molecule has 0 unspecified atom stereocenters. The molecule has 0 aromatic heterocycles. The molecule has 38 valence electrons. The van der Waals surface area contributed by atoms with Gasteiger partial charge in [0, 0.05) is 0 Å². The minimum Gasteiger partial charge on any atom is -0.379 e. The number of nitrogens with zero attached hydrogens (tertiary/aromatic N) is 1. The van der Waals surface area contributed by atoms with E-state index < -0.39 is 13.5 Å². The van der Waals surface area contributed by atoms with Crippen LogP contribution in [-0.2, 0) is 0 Å². The summed E-state index contributed by atoms with van der Waals surface area (Å²) in [6, 6.07) is 0. The van der Waals surface area contributed by atoms with E-state index in [0.29, 0.717) is 5.06 Å². The zero-order valence-corrected chi connectivity index (χ0v) is 3.20. The summed E-state index contributed by atoms with van der Waals surface area (Å²) in [5.41, 5.74) is 0. The number of hydrogen-bond donors (Lipinski definition) is 3. The van der Waals surface area contributed by atoms with E-state index >= 15 is 0 Å². The van der Waals surface area contributed by atoms with E-state index in [4.69, 9.17) is 15.4 Å². The predicted octanol–water partition coefficient (Wildman–Crippen LogP) is -1.42. The molecule has 6 heavy (non-hydrogen) atoms. The molecular weight excluding hydrogens is 86.0 g/mol. The molecule has 0 aromatic rings. The standard InChI is InChI=1S/C2H7NO3/c4-1-3(6)2-5/h4-6H,1-2H2. The Labute approximate surface area is 35.2 Å². The van der Waals surface area contributed by atoms with Gasteiger partial charge in [0.15, 0.2) is 0 Å². The second kappa shape index (κ2) is 3.05. The first-order valence-corrected chi connectivity index (χ1v) is 1.46. The summed E-state index contributed by atoms with van der Waals surface area (Å²) < 4.78 is 0. The van der Waals surface area contributed by atoms with Crippen LogP contribution in [0.3, 0.4) is 0 Å². The summed E-state index contributed by atoms with van der Waals surface area (Å²) in [6.07, 6.45) is 0. The summed E-state index contributed by atoms with van der Waals surface area (Å²) >= 11 is 0. The maximum absolute atomic E-state index is 8.00. The van der Waals surface area contributed by atoms with Crippen molar-refractivity contribution in [2.24, 2.45) is 0 Å². The Balaban J connectivity index is 2.75. The smallest absolute Gasteiger partial charge is 0.121 e. The average Bonchev–Trinajstić information content (AvgIpc) is 1.65. The topological polar surface area (TPSA) is 63.9 Å². The summed E-state index contributed by atoms with van der Waals surface area (Å²) in [4.78, 5) is 0. The number of rotatable bonds is 2. The Kier molecular flexibility index (Phi) is 2.97. The van der Waals surface area contributed by atoms with Gasteiger partial charge in [0.2, 0.25) is 0 Å². The van der Waals surface area contributed by atoms with Crippen LogP contribution in [0.4, 0.5) is 0 Å². The number of aliphatic hydroxyl groups is 2. The quantitative estimate of drug-likeness (QED) is 0.289. The Bertz CT molecular complexity index is 28.0. The fourth-order valence-corrected chi connectivity index (χ4v) is 0.0447. The fourth-order valence-electron chi connectivity index (χ4n) is 0.0447. The Morgan fingerprint density at radius 3 is 1.50 bits per heavy atom. The zero-order chi connectivity index (χ0) is 4.99. The maximum atomic E-state index is 8.00. The van der Waals surface area contributed by atoms with E-state index in [1.165, 1.54) is 0 Å². The Morgan fingerprint density at radius 2 is 1.50 bits per heavy atom. The first-order valence-electron chi connectivity index (χ1n) is 1.46. The molecule has 4 nitrogen and oxygen atoms in total. The molecule has 0 aliphatic rings. The molecule has 0 saturated carbocycles. The molecule has 0 atom stereocenters. The van der Waals surface area contributed by atoms with Crippen LogP contribution in [0.1, 0.15) is 0 Å². The van der Waals surface area contributed by atoms with Gasteiger partial charge in [-0.05, 0) is 0 Å². The molecule has 0 fully saturated rings. The van der Waals surface area contributed by atoms with Crippen molar-refractivity contribution in [3.63, 3.8) is 0 Å². The summed E-state index contributed by atoms with van der Waals surface area (Å²) in [7, 11) is 0. The number of aliphatic hydroxyl groups excluding tert-OH is 2. The molecule has 0 radical (unpaired) electrons. The highest BCUT2D eigenvalue weighted by Crippen LogP contribution is 1.67. The first kappa shape index (κ1) is 5.84. The largest absolute Gasteiger partial charge is 0.379 e. The monoisotopic (exact) mass is 93.0 g/mol. The van der Waals surface area contributed by atoms with Gasteiger partial charge in [-0.3, -0.25) is 0 Å². The van der Waals surface area contributed by atoms with Gasteiger partial charge >= 0.3 is 0 Å². The zero-order valence-electron chi connectivity index (χ0n) is 3.20. The third-order valence-electron chi connectivity index (χ3n) is 0.326. The maximum Gasteiger partial charge on any atom is 0.121 e. The van der Waals surface area contributed by atoms with Crippen LogP contribution in [0.2, 0.25) is 0 Å². The van der Waals surface area contributed by atoms with Crippen molar-refractivity contribution in [2.45, 2.75) is 0 Å². The molecule has 4 heteroatoms. The first-order chi connectivity index (χ1) is 2.81. The van der Waals surface area contributed by atoms with Gasteiger partial charge < -0.3 is 15.4 Å². The third kappa shape index (κ3) is 2.10. The van der Waals surface area contributed by atoms with Crippen molar-refractivity contribution in [1.29, 1.82) is 0 Å². The van der Waals surface area contributed by atoms with E-state index in [0.717, 1.165) is 0 Å². The van der Waals surface area contributed by atoms with Crippen molar-refractivity contribution in [2.75, 3.05) is 13.5 Å². The van der Waals surface area contributed by atoms with Crippen molar-refractivity contribution < 1.29 is 15.4 Å². The lowest BCUT2D eigenvalue weighted by Gasteiger charge is -2.02. The van der Waals surface area contributed by atoms with Gasteiger partial charge in [-0.15, -0.1) is 5.06 Å². The van der Waals surface area contributed by atoms with Crippen molar-refractivity contribution in [3.8, 4) is 0 Å². The third-order valence-corrected chi connectivity index (χ3v) is 0.326. The normalized spacial score (nSPS) is 10.0. The number of hydroxylamine groups is 2. The minimum absolute atomic E-state index is 0.361. The molecule has 3 N–H and O–H groups in total. The van der Waals surface area contributed by atoms with E-state index in [1.54, 1.807) is 0 Å². The van der Waals surface area contributed by atoms with Gasteiger partial charge in [0.1, 0.15) is 13.5 Å². The SMILES string of the molecule is OCN(O)CO. The molecule has 0 spiro atoms. The minimum atomic E-state index is -0.531. The Hall–Kier alpha value is -0.160. The molecule has 0 bridgehead atoms. The van der Waals surface area contributed by atoms with Crippen LogP contribution < -0.4 is 0 Å². The van der Waals surface area contributed by atoms with E-state index in [9.17, 15) is 0 Å². The lowest BCUT2D eigenvalue weighted by molar-refractivity contribution is -0.183. The second-order valence-corrected chi connectivity index (χ2v) is 0.789. The predicted molar refractivity (Wildman–Crippen MR) is 17.8 cm³/mol. The number of hydrogen-bond acceptors (Lipinski definition) is 4. The highest BCUT2D eigenvalue weighted by atomic mass is 16.6. The van der Waals surface area contributed by atoms with Crippen molar-refractivity contribution in [1.82, 2.24) is 5.06 Å². The fraction of sp³-hybridized carbons (Fsp3) is 1.00. The van der Waals surface area contributed by atoms with Gasteiger partial charge in [0.05, 0.1) is 0 Å². The molecule has 0 saturated heterocycles. The van der Waals surface area contributed by atoms with Crippen molar-refractivity contribution in [3.05, 3.63) is 0 Å². The highest BCUT2D eigenvalue weighted by Gasteiger charge is 1.86. The lowest BCUT2D eigenvalue weighted by Crippen LogP contribution is -2.20. The van der Waals surface area contributed by atoms with Crippen LogP contribution >= 0.6 is 0 Å². The summed E-state index contributed by atoms with van der Waals surface area (Å²) in [5.74, 6) is 0. The molecule has 0 aliphatic carbocycles. The van der Waals surface area contributed by atoms with Gasteiger partial charge in [0.25, 0.3) is 0 Å². The van der Waals surface area contributed by atoms with Crippen LogP contribution in [-0.4, -0.2) is 33.9 Å². The van der Waals surface area contributed by atoms with Crippen LogP contribution in [0.15, 0.2) is 0 Å². The molecule has 0 aliphatic heterocycles. The molecular formula is C2H7NO3. The van der Waals surface area contributed by atoms with Gasteiger partial charge in [-0.25, -0.2) is 0 Å². The lowest BCUT2D eigenvalue weighted by atomic mass is 11.1. The summed E-state index contributed by atoms with van der Waals surface area (Å²) in [6.45, 7) is -1.06. The van der Waals surface area contributed by atoms with Crippen LogP contribution in [0.25, 0.3) is 0 Å². The molecule has 0 rings (SSSR count). The molecule has 0 amide bonds. The van der Waals surface area contributed by atoms with E-state index in [2.05, 4.69) is 0 Å². The average molecular weight is 93.1 g/mol. The van der Waals surface area contributed by atoms with Gasteiger partial charge in [-0.2, -0.15) is 0 Å². The molecule has 0 heterocycles. The van der Waals surface area contributed by atoms with E-state index in [1.807, 2.05) is 0 Å². The molecule has 0 aromatic carbocycles. The van der Waals surface area contributed by atoms with E-state index in [-0.39, 0.29) is 0 Å².